The summed E-state index contributed by atoms with van der Waals surface area (Å²) in [6.45, 7) is 4.58. The Labute approximate surface area is 145 Å². The molecule has 4 atom stereocenters. The van der Waals surface area contributed by atoms with Gasteiger partial charge in [0.25, 0.3) is 0 Å². The van der Waals surface area contributed by atoms with Crippen LogP contribution in [0.3, 0.4) is 0 Å². The fourth-order valence-corrected chi connectivity index (χ4v) is 3.55. The lowest BCUT2D eigenvalue weighted by Crippen LogP contribution is -2.29. The third-order valence-electron chi connectivity index (χ3n) is 5.00. The molecule has 3 aromatic rings. The molecule has 2 N–H and O–H groups in total. The Balaban J connectivity index is 1.37. The van der Waals surface area contributed by atoms with E-state index >= 15 is 0 Å². The Morgan fingerprint density at radius 2 is 2.28 bits per heavy atom. The maximum absolute atomic E-state index is 10.4. The number of nitrogens with zero attached hydrogens (tertiary/aromatic N) is 3. The van der Waals surface area contributed by atoms with Gasteiger partial charge in [0.1, 0.15) is 11.3 Å². The van der Waals surface area contributed by atoms with Gasteiger partial charge in [0.2, 0.25) is 5.89 Å². The minimum Gasteiger partial charge on any atom is -0.459 e. The van der Waals surface area contributed by atoms with Gasteiger partial charge < -0.3 is 19.4 Å². The quantitative estimate of drug-likeness (QED) is 0.735. The van der Waals surface area contributed by atoms with Crippen molar-refractivity contribution in [3.05, 3.63) is 42.0 Å². The van der Waals surface area contributed by atoms with E-state index in [1.54, 1.807) is 12.4 Å². The number of hydrogen-bond donors (Lipinski definition) is 2. The summed E-state index contributed by atoms with van der Waals surface area (Å²) in [6.07, 6.45) is 4.66. The zero-order valence-electron chi connectivity index (χ0n) is 14.3. The van der Waals surface area contributed by atoms with Gasteiger partial charge in [0.15, 0.2) is 5.82 Å². The average Bonchev–Trinajstić information content (AvgIpc) is 3.30. The van der Waals surface area contributed by atoms with Crippen LogP contribution in [0.25, 0.3) is 11.0 Å². The van der Waals surface area contributed by atoms with Crippen molar-refractivity contribution in [3.8, 4) is 0 Å². The molecular weight excluding hydrogens is 320 g/mol. The van der Waals surface area contributed by atoms with Crippen LogP contribution in [-0.4, -0.2) is 32.9 Å². The van der Waals surface area contributed by atoms with Crippen molar-refractivity contribution in [2.45, 2.75) is 44.8 Å². The van der Waals surface area contributed by atoms with Gasteiger partial charge in [0.05, 0.1) is 12.1 Å². The van der Waals surface area contributed by atoms with Crippen molar-refractivity contribution in [1.29, 1.82) is 0 Å². The van der Waals surface area contributed by atoms with Crippen LogP contribution < -0.4 is 5.32 Å². The van der Waals surface area contributed by atoms with Crippen molar-refractivity contribution in [2.24, 2.45) is 5.92 Å². The van der Waals surface area contributed by atoms with Crippen LogP contribution in [0.1, 0.15) is 49.2 Å². The number of hydrogen-bond acceptors (Lipinski definition) is 7. The van der Waals surface area contributed by atoms with E-state index in [0.29, 0.717) is 24.7 Å². The van der Waals surface area contributed by atoms with Crippen molar-refractivity contribution in [3.63, 3.8) is 0 Å². The van der Waals surface area contributed by atoms with Gasteiger partial charge in [0, 0.05) is 30.2 Å². The van der Waals surface area contributed by atoms with Crippen molar-refractivity contribution < 1.29 is 14.0 Å². The molecule has 0 radical (unpaired) electrons. The first-order valence-corrected chi connectivity index (χ1v) is 8.65. The lowest BCUT2D eigenvalue weighted by molar-refractivity contribution is 0.128. The van der Waals surface area contributed by atoms with Gasteiger partial charge in [-0.3, -0.25) is 4.98 Å². The molecule has 0 amide bonds. The second-order valence-electron chi connectivity index (χ2n) is 6.87. The standard InChI is InChI=1S/C18H22N4O3/c1-10(17-7-14-8-19-4-3-16(14)24-17)20-9-13-5-12(6-15(13)23)18-21-11(2)22-25-18/h3-4,7-8,10,12-13,15,20,23H,5-6,9H2,1-2H3/t10?,12-,13+,15+/m0/s1. The van der Waals surface area contributed by atoms with Crippen molar-refractivity contribution in [1.82, 2.24) is 20.4 Å². The molecule has 0 saturated heterocycles. The molecule has 3 heterocycles. The van der Waals surface area contributed by atoms with Crippen LogP contribution in [0.2, 0.25) is 0 Å². The summed E-state index contributed by atoms with van der Waals surface area (Å²) < 4.78 is 11.1. The van der Waals surface area contributed by atoms with Crippen LogP contribution in [0.5, 0.6) is 0 Å². The smallest absolute Gasteiger partial charge is 0.229 e. The fraction of sp³-hybridized carbons (Fsp3) is 0.500. The van der Waals surface area contributed by atoms with E-state index in [4.69, 9.17) is 8.94 Å². The number of aliphatic hydroxyl groups excluding tert-OH is 1. The lowest BCUT2D eigenvalue weighted by atomic mass is 10.0. The molecule has 1 unspecified atom stereocenters. The molecule has 4 rings (SSSR count). The van der Waals surface area contributed by atoms with Gasteiger partial charge in [-0.1, -0.05) is 5.16 Å². The number of fused-ring (bicyclic) bond motifs is 1. The molecule has 7 heteroatoms. The minimum atomic E-state index is -0.364. The van der Waals surface area contributed by atoms with Crippen LogP contribution in [0, 0.1) is 12.8 Å². The Morgan fingerprint density at radius 3 is 3.04 bits per heavy atom. The molecule has 3 aromatic heterocycles. The Hall–Kier alpha value is -2.25. The number of pyridine rings is 1. The van der Waals surface area contributed by atoms with E-state index in [1.807, 2.05) is 19.1 Å². The number of aliphatic hydroxyl groups is 1. The summed E-state index contributed by atoms with van der Waals surface area (Å²) in [5, 5.41) is 18.7. The van der Waals surface area contributed by atoms with Gasteiger partial charge in [-0.05, 0) is 44.7 Å². The molecule has 132 valence electrons. The monoisotopic (exact) mass is 342 g/mol. The highest BCUT2D eigenvalue weighted by Crippen LogP contribution is 2.37. The summed E-state index contributed by atoms with van der Waals surface area (Å²) in [7, 11) is 0. The van der Waals surface area contributed by atoms with E-state index in [2.05, 4.69) is 27.4 Å². The first-order valence-electron chi connectivity index (χ1n) is 8.65. The second kappa shape index (κ2) is 6.57. The Kier molecular flexibility index (Phi) is 4.27. The van der Waals surface area contributed by atoms with E-state index in [9.17, 15) is 5.11 Å². The molecule has 1 aliphatic rings. The van der Waals surface area contributed by atoms with Crippen molar-refractivity contribution >= 4 is 11.0 Å². The normalized spacial score (nSPS) is 24.8. The molecule has 0 aromatic carbocycles. The summed E-state index contributed by atoms with van der Waals surface area (Å²) in [5.41, 5.74) is 0.839. The maximum atomic E-state index is 10.4. The third kappa shape index (κ3) is 3.29. The number of aromatic nitrogens is 3. The number of rotatable bonds is 5. The predicted octanol–water partition coefficient (Wildman–Crippen LogP) is 2.72. The largest absolute Gasteiger partial charge is 0.459 e. The molecule has 1 aliphatic carbocycles. The van der Waals surface area contributed by atoms with Gasteiger partial charge in [-0.15, -0.1) is 0 Å². The first kappa shape index (κ1) is 16.2. The summed E-state index contributed by atoms with van der Waals surface area (Å²) in [6, 6.07) is 3.93. The first-order chi connectivity index (χ1) is 12.1. The molecular formula is C18H22N4O3. The van der Waals surface area contributed by atoms with Gasteiger partial charge in [-0.25, -0.2) is 0 Å². The molecule has 25 heavy (non-hydrogen) atoms. The zero-order chi connectivity index (χ0) is 17.4. The number of aryl methyl sites for hydroxylation is 1. The molecule has 1 fully saturated rings. The highest BCUT2D eigenvalue weighted by Gasteiger charge is 2.36. The Morgan fingerprint density at radius 1 is 1.40 bits per heavy atom. The van der Waals surface area contributed by atoms with E-state index in [-0.39, 0.29) is 24.0 Å². The molecule has 0 aliphatic heterocycles. The van der Waals surface area contributed by atoms with Crippen molar-refractivity contribution in [2.75, 3.05) is 6.54 Å². The maximum Gasteiger partial charge on any atom is 0.229 e. The van der Waals surface area contributed by atoms with Gasteiger partial charge >= 0.3 is 0 Å². The number of furan rings is 1. The highest BCUT2D eigenvalue weighted by molar-refractivity contribution is 5.76. The molecule has 0 bridgehead atoms. The average molecular weight is 342 g/mol. The number of nitrogens with one attached hydrogen (secondary N) is 1. The fourth-order valence-electron chi connectivity index (χ4n) is 3.55. The van der Waals surface area contributed by atoms with Gasteiger partial charge in [-0.2, -0.15) is 4.98 Å². The minimum absolute atomic E-state index is 0.0595. The van der Waals surface area contributed by atoms with E-state index in [1.165, 1.54) is 0 Å². The Bertz CT molecular complexity index is 826. The van der Waals surface area contributed by atoms with Crippen LogP contribution in [0.4, 0.5) is 0 Å². The summed E-state index contributed by atoms with van der Waals surface area (Å²) >= 11 is 0. The second-order valence-corrected chi connectivity index (χ2v) is 6.87. The lowest BCUT2D eigenvalue weighted by Gasteiger charge is -2.18. The van der Waals surface area contributed by atoms with E-state index in [0.717, 1.165) is 23.2 Å². The van der Waals surface area contributed by atoms with Crippen LogP contribution >= 0.6 is 0 Å². The van der Waals surface area contributed by atoms with Crippen LogP contribution in [-0.2, 0) is 0 Å². The summed E-state index contributed by atoms with van der Waals surface area (Å²) in [4.78, 5) is 8.41. The predicted molar refractivity (Wildman–Crippen MR) is 90.9 cm³/mol. The zero-order valence-corrected chi connectivity index (χ0v) is 14.3. The molecule has 7 nitrogen and oxygen atoms in total. The summed E-state index contributed by atoms with van der Waals surface area (Å²) in [5.74, 6) is 2.44. The highest BCUT2D eigenvalue weighted by atomic mass is 16.5. The third-order valence-corrected chi connectivity index (χ3v) is 5.00. The molecule has 0 spiro atoms. The SMILES string of the molecule is Cc1noc([C@H]2C[C@H](CNC(C)c3cc4cnccc4o3)[C@H](O)C2)n1. The molecule has 1 saturated carbocycles. The van der Waals surface area contributed by atoms with Crippen LogP contribution in [0.15, 0.2) is 33.5 Å². The topological polar surface area (TPSA) is 97.2 Å². The van der Waals surface area contributed by atoms with E-state index < -0.39 is 0 Å².